The van der Waals surface area contributed by atoms with Crippen molar-refractivity contribution in [2.24, 2.45) is 0 Å². The number of hydrogen-bond acceptors (Lipinski definition) is 4. The minimum atomic E-state index is -0.622. The van der Waals surface area contributed by atoms with Crippen LogP contribution < -0.4 is 16.4 Å². The van der Waals surface area contributed by atoms with E-state index in [-0.39, 0.29) is 11.5 Å². The van der Waals surface area contributed by atoms with E-state index in [2.05, 4.69) is 10.6 Å². The topological polar surface area (TPSA) is 90.9 Å². The maximum atomic E-state index is 13.6. The summed E-state index contributed by atoms with van der Waals surface area (Å²) in [6.45, 7) is 0. The summed E-state index contributed by atoms with van der Waals surface area (Å²) in [4.78, 5) is 11.6. The van der Waals surface area contributed by atoms with Crippen molar-refractivity contribution < 1.29 is 9.18 Å². The third-order valence-corrected chi connectivity index (χ3v) is 2.94. The molecule has 0 fully saturated rings. The van der Waals surface area contributed by atoms with Crippen molar-refractivity contribution in [1.29, 1.82) is 5.26 Å². The molecule has 2 aromatic carbocycles. The lowest BCUT2D eigenvalue weighted by atomic mass is 10.1. The van der Waals surface area contributed by atoms with Crippen LogP contribution >= 0.6 is 0 Å². The van der Waals surface area contributed by atoms with Crippen molar-refractivity contribution in [3.8, 4) is 6.07 Å². The van der Waals surface area contributed by atoms with E-state index >= 15 is 0 Å². The molecule has 2 aromatic rings. The monoisotopic (exact) mass is 284 g/mol. The summed E-state index contributed by atoms with van der Waals surface area (Å²) in [5.41, 5.74) is 7.24. The van der Waals surface area contributed by atoms with E-state index in [1.165, 1.54) is 19.2 Å². The second-order valence-corrected chi connectivity index (χ2v) is 4.28. The van der Waals surface area contributed by atoms with Gasteiger partial charge in [-0.2, -0.15) is 5.26 Å². The fourth-order valence-corrected chi connectivity index (χ4v) is 1.84. The highest BCUT2D eigenvalue weighted by Crippen LogP contribution is 2.27. The van der Waals surface area contributed by atoms with Gasteiger partial charge in [-0.15, -0.1) is 0 Å². The van der Waals surface area contributed by atoms with E-state index in [1.807, 2.05) is 0 Å². The summed E-state index contributed by atoms with van der Waals surface area (Å²) in [6, 6.07) is 10.7. The van der Waals surface area contributed by atoms with Gasteiger partial charge in [0.25, 0.3) is 5.91 Å². The first-order valence-corrected chi connectivity index (χ1v) is 6.14. The van der Waals surface area contributed by atoms with Crippen LogP contribution in [0.15, 0.2) is 36.4 Å². The minimum absolute atomic E-state index is 0.109. The summed E-state index contributed by atoms with van der Waals surface area (Å²) >= 11 is 0. The summed E-state index contributed by atoms with van der Waals surface area (Å²) in [5.74, 6) is -0.888. The zero-order valence-electron chi connectivity index (χ0n) is 11.3. The molecule has 0 aliphatic heterocycles. The normalized spacial score (nSPS) is 9.76. The van der Waals surface area contributed by atoms with Crippen LogP contribution in [0.3, 0.4) is 0 Å². The van der Waals surface area contributed by atoms with E-state index in [4.69, 9.17) is 11.0 Å². The number of nitrogens with zero attached hydrogens (tertiary/aromatic N) is 1. The van der Waals surface area contributed by atoms with Crippen molar-refractivity contribution >= 4 is 23.0 Å². The molecule has 4 N–H and O–H groups in total. The minimum Gasteiger partial charge on any atom is -0.397 e. The third kappa shape index (κ3) is 2.92. The first-order chi connectivity index (χ1) is 10.1. The summed E-state index contributed by atoms with van der Waals surface area (Å²) in [5, 5.41) is 14.4. The maximum absolute atomic E-state index is 13.6. The molecule has 0 bridgehead atoms. The van der Waals surface area contributed by atoms with Gasteiger partial charge >= 0.3 is 0 Å². The number of halogens is 1. The number of nitrogens with two attached hydrogens (primary N) is 1. The zero-order chi connectivity index (χ0) is 15.4. The highest BCUT2D eigenvalue weighted by molar-refractivity contribution is 5.96. The number of benzene rings is 2. The zero-order valence-corrected chi connectivity index (χ0v) is 11.3. The van der Waals surface area contributed by atoms with E-state index in [0.29, 0.717) is 22.6 Å². The van der Waals surface area contributed by atoms with Crippen molar-refractivity contribution in [2.75, 3.05) is 18.1 Å². The molecule has 0 atom stereocenters. The van der Waals surface area contributed by atoms with Crippen LogP contribution in [-0.2, 0) is 0 Å². The Labute approximate surface area is 121 Å². The van der Waals surface area contributed by atoms with Crippen LogP contribution in [0.25, 0.3) is 0 Å². The first-order valence-electron chi connectivity index (χ1n) is 6.14. The van der Waals surface area contributed by atoms with Crippen LogP contribution in [0.5, 0.6) is 0 Å². The molecule has 106 valence electrons. The summed E-state index contributed by atoms with van der Waals surface area (Å²) in [7, 11) is 1.52. The van der Waals surface area contributed by atoms with Crippen molar-refractivity contribution in [1.82, 2.24) is 5.32 Å². The summed E-state index contributed by atoms with van der Waals surface area (Å²) < 4.78 is 13.6. The van der Waals surface area contributed by atoms with Gasteiger partial charge in [0.05, 0.1) is 17.1 Å². The number of nitrogens with one attached hydrogen (secondary N) is 2. The number of anilines is 3. The lowest BCUT2D eigenvalue weighted by molar-refractivity contribution is 0.0963. The predicted octanol–water partition coefficient (Wildman–Crippen LogP) is 2.38. The molecule has 0 saturated heterocycles. The van der Waals surface area contributed by atoms with Gasteiger partial charge in [-0.05, 0) is 30.3 Å². The van der Waals surface area contributed by atoms with Gasteiger partial charge in [-0.25, -0.2) is 4.39 Å². The Kier molecular flexibility index (Phi) is 4.05. The van der Waals surface area contributed by atoms with Crippen molar-refractivity contribution in [2.45, 2.75) is 0 Å². The molecule has 0 heterocycles. The second kappa shape index (κ2) is 5.92. The molecule has 6 heteroatoms. The van der Waals surface area contributed by atoms with Crippen molar-refractivity contribution in [3.63, 3.8) is 0 Å². The van der Waals surface area contributed by atoms with Crippen molar-refractivity contribution in [3.05, 3.63) is 53.3 Å². The molecule has 2 rings (SSSR count). The molecule has 0 aliphatic rings. The Hall–Kier alpha value is -3.07. The molecule has 1 amide bonds. The maximum Gasteiger partial charge on any atom is 0.251 e. The van der Waals surface area contributed by atoms with Crippen LogP contribution in [0.2, 0.25) is 0 Å². The van der Waals surface area contributed by atoms with Crippen LogP contribution in [0, 0.1) is 17.1 Å². The number of amides is 1. The standard InChI is InChI=1S/C15H13FN4O/c1-19-15(21)9-5-6-12(18)14(7-9)20-13-4-2-3-11(16)10(13)8-17/h2-7,20H,18H2,1H3,(H,19,21). The van der Waals surface area contributed by atoms with Gasteiger partial charge in [0.1, 0.15) is 17.4 Å². The molecule has 5 nitrogen and oxygen atoms in total. The number of carbonyl (C=O) groups excluding carboxylic acids is 1. The highest BCUT2D eigenvalue weighted by Gasteiger charge is 2.11. The summed E-state index contributed by atoms with van der Waals surface area (Å²) in [6.07, 6.45) is 0. The average molecular weight is 284 g/mol. The number of hydrogen-bond donors (Lipinski definition) is 3. The Morgan fingerprint density at radius 2 is 2.05 bits per heavy atom. The molecule has 0 radical (unpaired) electrons. The molecule has 0 aliphatic carbocycles. The highest BCUT2D eigenvalue weighted by atomic mass is 19.1. The number of rotatable bonds is 3. The number of nitriles is 1. The largest absolute Gasteiger partial charge is 0.397 e. The van der Waals surface area contributed by atoms with Gasteiger partial charge < -0.3 is 16.4 Å². The molecular formula is C15H13FN4O. The lowest BCUT2D eigenvalue weighted by Crippen LogP contribution is -2.18. The van der Waals surface area contributed by atoms with Crippen LogP contribution in [-0.4, -0.2) is 13.0 Å². The fourth-order valence-electron chi connectivity index (χ4n) is 1.84. The molecule has 21 heavy (non-hydrogen) atoms. The first kappa shape index (κ1) is 14.3. The number of nitrogen functional groups attached to an aromatic ring is 1. The predicted molar refractivity (Wildman–Crippen MR) is 78.6 cm³/mol. The van der Waals surface area contributed by atoms with Gasteiger partial charge in [0.15, 0.2) is 0 Å². The molecule has 0 aromatic heterocycles. The number of carbonyl (C=O) groups is 1. The third-order valence-electron chi connectivity index (χ3n) is 2.94. The molecule has 0 saturated carbocycles. The Balaban J connectivity index is 2.43. The second-order valence-electron chi connectivity index (χ2n) is 4.28. The Morgan fingerprint density at radius 3 is 2.71 bits per heavy atom. The van der Waals surface area contributed by atoms with E-state index < -0.39 is 5.82 Å². The Morgan fingerprint density at radius 1 is 1.29 bits per heavy atom. The van der Waals surface area contributed by atoms with Crippen LogP contribution in [0.4, 0.5) is 21.5 Å². The van der Waals surface area contributed by atoms with Gasteiger partial charge in [0.2, 0.25) is 0 Å². The fraction of sp³-hybridized carbons (Fsp3) is 0.0667. The Bertz CT molecular complexity index is 737. The SMILES string of the molecule is CNC(=O)c1ccc(N)c(Nc2cccc(F)c2C#N)c1. The molecule has 0 spiro atoms. The lowest BCUT2D eigenvalue weighted by Gasteiger charge is -2.12. The molecular weight excluding hydrogens is 271 g/mol. The smallest absolute Gasteiger partial charge is 0.251 e. The van der Waals surface area contributed by atoms with E-state index in [0.717, 1.165) is 0 Å². The molecule has 0 unspecified atom stereocenters. The van der Waals surface area contributed by atoms with E-state index in [1.54, 1.807) is 30.3 Å². The van der Waals surface area contributed by atoms with Gasteiger partial charge in [-0.1, -0.05) is 6.07 Å². The average Bonchev–Trinajstić information content (AvgIpc) is 2.49. The van der Waals surface area contributed by atoms with Crippen LogP contribution in [0.1, 0.15) is 15.9 Å². The van der Waals surface area contributed by atoms with Gasteiger partial charge in [-0.3, -0.25) is 4.79 Å². The quantitative estimate of drug-likeness (QED) is 0.755. The van der Waals surface area contributed by atoms with E-state index in [9.17, 15) is 9.18 Å². The van der Waals surface area contributed by atoms with Gasteiger partial charge in [0, 0.05) is 12.6 Å².